The minimum atomic E-state index is -0.476. The molecule has 6 heteroatoms. The quantitative estimate of drug-likeness (QED) is 0.412. The average Bonchev–Trinajstić information content (AvgIpc) is 2.74. The third kappa shape index (κ3) is 7.61. The molecule has 0 amide bonds. The van der Waals surface area contributed by atoms with Gasteiger partial charge >= 0.3 is 0 Å². The summed E-state index contributed by atoms with van der Waals surface area (Å²) in [6.07, 6.45) is -0.951. The summed E-state index contributed by atoms with van der Waals surface area (Å²) in [7, 11) is 0. The van der Waals surface area contributed by atoms with Crippen LogP contribution in [0.2, 0.25) is 0 Å². The van der Waals surface area contributed by atoms with Crippen LogP contribution < -0.4 is 19.3 Å². The highest BCUT2D eigenvalue weighted by molar-refractivity contribution is 5.26. The lowest BCUT2D eigenvalue weighted by Gasteiger charge is -2.31. The maximum atomic E-state index is 10.3. The second-order valence-electron chi connectivity index (χ2n) is 8.46. The van der Waals surface area contributed by atoms with Crippen LogP contribution in [0.15, 0.2) is 48.5 Å². The summed E-state index contributed by atoms with van der Waals surface area (Å²) in [5.74, 6) is 1.59. The van der Waals surface area contributed by atoms with E-state index >= 15 is 0 Å². The first-order chi connectivity index (χ1) is 14.5. The fourth-order valence-electron chi connectivity index (χ4n) is 3.80. The number of quaternary nitrogens is 2. The van der Waals surface area contributed by atoms with Crippen molar-refractivity contribution in [3.05, 3.63) is 59.7 Å². The molecule has 2 aromatic carbocycles. The zero-order valence-corrected chi connectivity index (χ0v) is 18.1. The van der Waals surface area contributed by atoms with Gasteiger partial charge in [0.05, 0.1) is 0 Å². The number of aliphatic hydroxyl groups excluding tert-OH is 2. The normalized spacial score (nSPS) is 21.1. The molecule has 0 bridgehead atoms. The van der Waals surface area contributed by atoms with Gasteiger partial charge in [0.2, 0.25) is 0 Å². The molecule has 3 rings (SSSR count). The maximum absolute atomic E-state index is 10.3. The molecule has 1 heterocycles. The number of hydrogen-bond acceptors (Lipinski definition) is 4. The number of hydrogen-bond donors (Lipinski definition) is 4. The van der Waals surface area contributed by atoms with Crippen LogP contribution in [-0.4, -0.2) is 74.9 Å². The summed E-state index contributed by atoms with van der Waals surface area (Å²) in [6.45, 7) is 10.1. The van der Waals surface area contributed by atoms with Crippen molar-refractivity contribution in [2.75, 3.05) is 52.5 Å². The van der Waals surface area contributed by atoms with Crippen LogP contribution in [0.4, 0.5) is 0 Å². The summed E-state index contributed by atoms with van der Waals surface area (Å²) < 4.78 is 11.4. The van der Waals surface area contributed by atoms with Gasteiger partial charge in [0.15, 0.2) is 0 Å². The van der Waals surface area contributed by atoms with Crippen molar-refractivity contribution in [1.82, 2.24) is 0 Å². The van der Waals surface area contributed by atoms with Crippen LogP contribution in [0.1, 0.15) is 11.1 Å². The number of aliphatic hydroxyl groups is 2. The number of piperazine rings is 1. The standard InChI is InChI=1S/C24H34N2O4/c1-19-3-7-23(8-4-19)29-17-21(27)15-25-11-13-26(14-12-25)16-22(28)18-30-24-9-5-20(2)6-10-24/h3-10,21-22,27-28H,11-18H2,1-2H3/p+2/t21-,22+. The lowest BCUT2D eigenvalue weighted by Crippen LogP contribution is -3.29. The number of aryl methyl sites for hydroxylation is 2. The van der Waals surface area contributed by atoms with Gasteiger partial charge in [0.25, 0.3) is 0 Å². The predicted octanol–water partition coefficient (Wildman–Crippen LogP) is -0.734. The van der Waals surface area contributed by atoms with Gasteiger partial charge in [-0.3, -0.25) is 0 Å². The number of rotatable bonds is 10. The van der Waals surface area contributed by atoms with Crippen LogP contribution >= 0.6 is 0 Å². The molecule has 1 aliphatic heterocycles. The Kier molecular flexibility index (Phi) is 8.51. The molecule has 1 fully saturated rings. The first-order valence-electron chi connectivity index (χ1n) is 10.9. The summed E-state index contributed by atoms with van der Waals surface area (Å²) in [5, 5.41) is 20.6. The van der Waals surface area contributed by atoms with Crippen LogP contribution in [0, 0.1) is 13.8 Å². The molecule has 164 valence electrons. The van der Waals surface area contributed by atoms with Gasteiger partial charge in [0.1, 0.15) is 76.2 Å². The van der Waals surface area contributed by atoms with Gasteiger partial charge in [-0.2, -0.15) is 0 Å². The van der Waals surface area contributed by atoms with Crippen molar-refractivity contribution < 1.29 is 29.5 Å². The molecule has 0 radical (unpaired) electrons. The van der Waals surface area contributed by atoms with E-state index in [2.05, 4.69) is 0 Å². The van der Waals surface area contributed by atoms with Gasteiger partial charge in [0, 0.05) is 0 Å². The lowest BCUT2D eigenvalue weighted by atomic mass is 10.2. The van der Waals surface area contributed by atoms with Crippen LogP contribution in [0.25, 0.3) is 0 Å². The predicted molar refractivity (Wildman–Crippen MR) is 116 cm³/mol. The topological polar surface area (TPSA) is 67.8 Å². The second kappa shape index (κ2) is 11.3. The zero-order valence-electron chi connectivity index (χ0n) is 18.1. The fraction of sp³-hybridized carbons (Fsp3) is 0.500. The third-order valence-corrected chi connectivity index (χ3v) is 5.64. The van der Waals surface area contributed by atoms with Crippen LogP contribution in [0.3, 0.4) is 0 Å². The van der Waals surface area contributed by atoms with E-state index in [1.165, 1.54) is 20.9 Å². The largest absolute Gasteiger partial charge is 0.491 e. The van der Waals surface area contributed by atoms with E-state index in [0.717, 1.165) is 37.7 Å². The molecular formula is C24H36N2O4+2. The Morgan fingerprint density at radius 1 is 0.667 bits per heavy atom. The Bertz CT molecular complexity index is 677. The molecule has 0 saturated carbocycles. The summed E-state index contributed by atoms with van der Waals surface area (Å²) >= 11 is 0. The molecule has 1 saturated heterocycles. The maximum Gasteiger partial charge on any atom is 0.137 e. The first-order valence-corrected chi connectivity index (χ1v) is 10.9. The second-order valence-corrected chi connectivity index (χ2v) is 8.46. The van der Waals surface area contributed by atoms with E-state index in [1.807, 2.05) is 62.4 Å². The Morgan fingerprint density at radius 3 is 1.33 bits per heavy atom. The number of nitrogens with one attached hydrogen (secondary N) is 2. The molecule has 6 nitrogen and oxygen atoms in total. The van der Waals surface area contributed by atoms with E-state index in [4.69, 9.17) is 9.47 Å². The molecule has 0 aliphatic carbocycles. The van der Waals surface area contributed by atoms with Crippen molar-refractivity contribution in [2.45, 2.75) is 26.1 Å². The van der Waals surface area contributed by atoms with E-state index < -0.39 is 12.2 Å². The summed E-state index contributed by atoms with van der Waals surface area (Å²) in [5.41, 5.74) is 2.39. The minimum absolute atomic E-state index is 0.318. The fourth-order valence-corrected chi connectivity index (χ4v) is 3.80. The highest BCUT2D eigenvalue weighted by Crippen LogP contribution is 2.12. The van der Waals surface area contributed by atoms with Crippen molar-refractivity contribution in [1.29, 1.82) is 0 Å². The van der Waals surface area contributed by atoms with Gasteiger partial charge in [-0.15, -0.1) is 0 Å². The van der Waals surface area contributed by atoms with Crippen molar-refractivity contribution in [3.63, 3.8) is 0 Å². The molecule has 2 aromatic rings. The first kappa shape index (κ1) is 22.6. The molecule has 1 aliphatic rings. The smallest absolute Gasteiger partial charge is 0.137 e. The van der Waals surface area contributed by atoms with Crippen LogP contribution in [0.5, 0.6) is 11.5 Å². The molecule has 0 aromatic heterocycles. The molecular weight excluding hydrogens is 380 g/mol. The Balaban J connectivity index is 1.30. The summed E-state index contributed by atoms with van der Waals surface area (Å²) in [4.78, 5) is 2.79. The Morgan fingerprint density at radius 2 is 1.00 bits per heavy atom. The number of ether oxygens (including phenoxy) is 2. The van der Waals surface area contributed by atoms with E-state index in [9.17, 15) is 10.2 Å². The highest BCUT2D eigenvalue weighted by atomic mass is 16.5. The SMILES string of the molecule is Cc1ccc(OC[C@@H](O)C[NH+]2CC[NH+](C[C@@H](O)COc3ccc(C)cc3)CC2)cc1. The lowest BCUT2D eigenvalue weighted by molar-refractivity contribution is -1.01. The van der Waals surface area contributed by atoms with Gasteiger partial charge in [-0.05, 0) is 38.1 Å². The molecule has 2 atom stereocenters. The van der Waals surface area contributed by atoms with Gasteiger partial charge in [-0.1, -0.05) is 35.4 Å². The summed E-state index contributed by atoms with van der Waals surface area (Å²) in [6, 6.07) is 15.8. The highest BCUT2D eigenvalue weighted by Gasteiger charge is 2.26. The third-order valence-electron chi connectivity index (χ3n) is 5.64. The average molecular weight is 417 g/mol. The van der Waals surface area contributed by atoms with Crippen LogP contribution in [-0.2, 0) is 0 Å². The van der Waals surface area contributed by atoms with E-state index in [0.29, 0.717) is 26.3 Å². The van der Waals surface area contributed by atoms with Crippen molar-refractivity contribution >= 4 is 0 Å². The monoisotopic (exact) mass is 416 g/mol. The van der Waals surface area contributed by atoms with Crippen molar-refractivity contribution in [2.24, 2.45) is 0 Å². The van der Waals surface area contributed by atoms with E-state index in [-0.39, 0.29) is 0 Å². The molecule has 0 unspecified atom stereocenters. The molecule has 4 N–H and O–H groups in total. The Hall–Kier alpha value is -2.12. The number of benzene rings is 2. The zero-order chi connectivity index (χ0) is 21.3. The molecule has 30 heavy (non-hydrogen) atoms. The Labute approximate surface area is 179 Å². The van der Waals surface area contributed by atoms with Gasteiger partial charge < -0.3 is 29.5 Å². The van der Waals surface area contributed by atoms with Gasteiger partial charge in [-0.25, -0.2) is 0 Å². The van der Waals surface area contributed by atoms with E-state index in [1.54, 1.807) is 0 Å². The van der Waals surface area contributed by atoms with Crippen molar-refractivity contribution in [3.8, 4) is 11.5 Å². The molecule has 0 spiro atoms. The minimum Gasteiger partial charge on any atom is -0.491 e.